The number of benzene rings is 2. The van der Waals surface area contributed by atoms with E-state index in [4.69, 9.17) is 4.74 Å². The molecule has 23 heavy (non-hydrogen) atoms. The van der Waals surface area contributed by atoms with Gasteiger partial charge in [-0.15, -0.1) is 0 Å². The minimum atomic E-state index is 0.935. The van der Waals surface area contributed by atoms with Crippen molar-refractivity contribution in [1.82, 2.24) is 4.90 Å². The third kappa shape index (κ3) is 4.06. The van der Waals surface area contributed by atoms with E-state index in [2.05, 4.69) is 63.0 Å². The predicted molar refractivity (Wildman–Crippen MR) is 99.4 cm³/mol. The second-order valence-corrected chi connectivity index (χ2v) is 6.97. The second-order valence-electron chi connectivity index (χ2n) is 6.06. The van der Waals surface area contributed by atoms with E-state index in [9.17, 15) is 0 Å². The quantitative estimate of drug-likeness (QED) is 0.801. The van der Waals surface area contributed by atoms with Crippen molar-refractivity contribution in [3.05, 3.63) is 58.1 Å². The second kappa shape index (κ2) is 7.37. The maximum absolute atomic E-state index is 5.49. The highest BCUT2D eigenvalue weighted by Crippen LogP contribution is 2.25. The van der Waals surface area contributed by atoms with Crippen LogP contribution in [0.3, 0.4) is 0 Å². The molecular weight excluding hydrogens is 352 g/mol. The number of halogens is 1. The summed E-state index contributed by atoms with van der Waals surface area (Å²) < 4.78 is 6.59. The van der Waals surface area contributed by atoms with Gasteiger partial charge in [-0.3, -0.25) is 4.90 Å². The molecule has 1 aliphatic heterocycles. The molecule has 0 atom stereocenters. The molecule has 2 aromatic rings. The normalized spacial score (nSPS) is 15.7. The lowest BCUT2D eigenvalue weighted by Crippen LogP contribution is -2.46. The number of piperazine rings is 1. The minimum absolute atomic E-state index is 0.935. The van der Waals surface area contributed by atoms with E-state index in [-0.39, 0.29) is 0 Å². The molecule has 0 amide bonds. The molecule has 1 heterocycles. The van der Waals surface area contributed by atoms with Gasteiger partial charge in [-0.25, -0.2) is 0 Å². The minimum Gasteiger partial charge on any atom is -0.496 e. The van der Waals surface area contributed by atoms with Crippen molar-refractivity contribution in [3.8, 4) is 5.75 Å². The molecule has 1 fully saturated rings. The number of methoxy groups -OCH3 is 1. The summed E-state index contributed by atoms with van der Waals surface area (Å²) in [6, 6.07) is 15.0. The van der Waals surface area contributed by atoms with E-state index in [0.29, 0.717) is 0 Å². The number of anilines is 1. The van der Waals surface area contributed by atoms with Crippen LogP contribution < -0.4 is 9.64 Å². The van der Waals surface area contributed by atoms with Gasteiger partial charge in [0.05, 0.1) is 7.11 Å². The van der Waals surface area contributed by atoms with Crippen molar-refractivity contribution >= 4 is 21.6 Å². The fraction of sp³-hybridized carbons (Fsp3) is 0.368. The molecule has 3 nitrogen and oxygen atoms in total. The monoisotopic (exact) mass is 374 g/mol. The average molecular weight is 375 g/mol. The number of hydrogen-bond acceptors (Lipinski definition) is 3. The van der Waals surface area contributed by atoms with E-state index in [0.717, 1.165) is 42.9 Å². The summed E-state index contributed by atoms with van der Waals surface area (Å²) >= 11 is 3.55. The molecule has 0 unspecified atom stereocenters. The largest absolute Gasteiger partial charge is 0.496 e. The van der Waals surface area contributed by atoms with E-state index in [1.807, 2.05) is 12.1 Å². The molecule has 2 aromatic carbocycles. The Kier molecular flexibility index (Phi) is 5.23. The molecule has 0 aromatic heterocycles. The number of nitrogens with zero attached hydrogens (tertiary/aromatic N) is 2. The van der Waals surface area contributed by atoms with Crippen molar-refractivity contribution in [1.29, 1.82) is 0 Å². The van der Waals surface area contributed by atoms with Crippen molar-refractivity contribution in [3.63, 3.8) is 0 Å². The number of ether oxygens (including phenoxy) is 1. The molecule has 0 saturated carbocycles. The molecule has 1 aliphatic rings. The van der Waals surface area contributed by atoms with E-state index in [1.165, 1.54) is 16.8 Å². The van der Waals surface area contributed by atoms with Crippen molar-refractivity contribution in [2.24, 2.45) is 0 Å². The zero-order valence-corrected chi connectivity index (χ0v) is 15.3. The highest BCUT2D eigenvalue weighted by molar-refractivity contribution is 9.10. The Labute approximate surface area is 147 Å². The van der Waals surface area contributed by atoms with Crippen LogP contribution in [0.5, 0.6) is 5.75 Å². The summed E-state index contributed by atoms with van der Waals surface area (Å²) in [4.78, 5) is 4.97. The van der Waals surface area contributed by atoms with Crippen LogP contribution in [0.25, 0.3) is 0 Å². The first-order chi connectivity index (χ1) is 11.2. The summed E-state index contributed by atoms with van der Waals surface area (Å²) in [7, 11) is 1.74. The van der Waals surface area contributed by atoms with E-state index in [1.54, 1.807) is 7.11 Å². The zero-order valence-electron chi connectivity index (χ0n) is 13.8. The fourth-order valence-electron chi connectivity index (χ4n) is 3.10. The summed E-state index contributed by atoms with van der Waals surface area (Å²) in [5.74, 6) is 0.967. The van der Waals surface area contributed by atoms with Crippen LogP contribution in [0.2, 0.25) is 0 Å². The molecule has 122 valence electrons. The maximum atomic E-state index is 5.49. The Morgan fingerprint density at radius 2 is 1.83 bits per heavy atom. The lowest BCUT2D eigenvalue weighted by atomic mass is 10.1. The standard InChI is InChI=1S/C19H23BrN2O/c1-15-4-3-5-18(12-15)22-10-8-21(9-11-22)14-16-13-17(20)6-7-19(16)23-2/h3-7,12-13H,8-11,14H2,1-2H3. The van der Waals surface area contributed by atoms with Gasteiger partial charge in [0.25, 0.3) is 0 Å². The topological polar surface area (TPSA) is 15.7 Å². The lowest BCUT2D eigenvalue weighted by molar-refractivity contribution is 0.246. The van der Waals surface area contributed by atoms with Crippen molar-refractivity contribution < 1.29 is 4.74 Å². The summed E-state index contributed by atoms with van der Waals surface area (Å²) in [5, 5.41) is 0. The molecule has 0 aliphatic carbocycles. The number of aryl methyl sites for hydroxylation is 1. The van der Waals surface area contributed by atoms with Gasteiger partial charge in [0.15, 0.2) is 0 Å². The number of rotatable bonds is 4. The SMILES string of the molecule is COc1ccc(Br)cc1CN1CCN(c2cccc(C)c2)CC1. The van der Waals surface area contributed by atoms with E-state index < -0.39 is 0 Å². The summed E-state index contributed by atoms with van der Waals surface area (Å²) in [6.45, 7) is 7.37. The molecule has 4 heteroatoms. The van der Waals surface area contributed by atoms with Gasteiger partial charge in [0, 0.05) is 48.4 Å². The average Bonchev–Trinajstić information content (AvgIpc) is 2.56. The van der Waals surface area contributed by atoms with Crippen LogP contribution in [-0.4, -0.2) is 38.2 Å². The third-order valence-electron chi connectivity index (χ3n) is 4.38. The fourth-order valence-corrected chi connectivity index (χ4v) is 3.51. The van der Waals surface area contributed by atoms with Gasteiger partial charge in [-0.05, 0) is 42.8 Å². The first-order valence-corrected chi connectivity index (χ1v) is 8.81. The van der Waals surface area contributed by atoms with Crippen molar-refractivity contribution in [2.45, 2.75) is 13.5 Å². The highest BCUT2D eigenvalue weighted by atomic mass is 79.9. The van der Waals surface area contributed by atoms with Crippen LogP contribution in [0.4, 0.5) is 5.69 Å². The van der Waals surface area contributed by atoms with Gasteiger partial charge in [0.1, 0.15) is 5.75 Å². The van der Waals surface area contributed by atoms with Gasteiger partial charge in [0.2, 0.25) is 0 Å². The van der Waals surface area contributed by atoms with Gasteiger partial charge in [-0.2, -0.15) is 0 Å². The molecular formula is C19H23BrN2O. The van der Waals surface area contributed by atoms with Crippen LogP contribution in [0, 0.1) is 6.92 Å². The lowest BCUT2D eigenvalue weighted by Gasteiger charge is -2.36. The molecule has 0 radical (unpaired) electrons. The smallest absolute Gasteiger partial charge is 0.123 e. The Bertz CT molecular complexity index is 666. The highest BCUT2D eigenvalue weighted by Gasteiger charge is 2.18. The Morgan fingerprint density at radius 3 is 2.52 bits per heavy atom. The third-order valence-corrected chi connectivity index (χ3v) is 4.87. The van der Waals surface area contributed by atoms with Crippen LogP contribution in [0.1, 0.15) is 11.1 Å². The molecule has 3 rings (SSSR count). The predicted octanol–water partition coefficient (Wildman–Crippen LogP) is 4.09. The zero-order chi connectivity index (χ0) is 16.2. The Balaban J connectivity index is 1.62. The van der Waals surface area contributed by atoms with Gasteiger partial charge < -0.3 is 9.64 Å². The van der Waals surface area contributed by atoms with Crippen molar-refractivity contribution in [2.75, 3.05) is 38.2 Å². The van der Waals surface area contributed by atoms with E-state index >= 15 is 0 Å². The summed E-state index contributed by atoms with van der Waals surface area (Å²) in [5.41, 5.74) is 3.90. The first kappa shape index (κ1) is 16.3. The molecule has 1 saturated heterocycles. The van der Waals surface area contributed by atoms with Crippen LogP contribution >= 0.6 is 15.9 Å². The Hall–Kier alpha value is -1.52. The Morgan fingerprint density at radius 1 is 1.04 bits per heavy atom. The molecule has 0 spiro atoms. The first-order valence-electron chi connectivity index (χ1n) is 8.02. The van der Waals surface area contributed by atoms with Crippen LogP contribution in [-0.2, 0) is 6.54 Å². The van der Waals surface area contributed by atoms with Gasteiger partial charge >= 0.3 is 0 Å². The molecule has 0 N–H and O–H groups in total. The summed E-state index contributed by atoms with van der Waals surface area (Å²) in [6.07, 6.45) is 0. The van der Waals surface area contributed by atoms with Crippen LogP contribution in [0.15, 0.2) is 46.9 Å². The number of hydrogen-bond donors (Lipinski definition) is 0. The van der Waals surface area contributed by atoms with Gasteiger partial charge in [-0.1, -0.05) is 28.1 Å². The maximum Gasteiger partial charge on any atom is 0.123 e. The molecule has 0 bridgehead atoms.